The average molecular weight is 274 g/mol. The quantitative estimate of drug-likeness (QED) is 0.921. The van der Waals surface area contributed by atoms with Gasteiger partial charge in [-0.1, -0.05) is 32.0 Å². The van der Waals surface area contributed by atoms with E-state index in [1.807, 2.05) is 29.2 Å². The first kappa shape index (κ1) is 15.0. The van der Waals surface area contributed by atoms with Crippen LogP contribution in [0.4, 0.5) is 0 Å². The van der Waals surface area contributed by atoms with Gasteiger partial charge in [0, 0.05) is 18.2 Å². The molecular formula is C17H26N2O. The van der Waals surface area contributed by atoms with Gasteiger partial charge in [0.05, 0.1) is 0 Å². The van der Waals surface area contributed by atoms with Gasteiger partial charge in [-0.05, 0) is 49.8 Å². The molecule has 1 amide bonds. The summed E-state index contributed by atoms with van der Waals surface area (Å²) >= 11 is 0. The Morgan fingerprint density at radius 2 is 2.00 bits per heavy atom. The van der Waals surface area contributed by atoms with E-state index in [0.29, 0.717) is 24.4 Å². The highest BCUT2D eigenvalue weighted by Gasteiger charge is 2.32. The molecule has 2 N–H and O–H groups in total. The lowest BCUT2D eigenvalue weighted by atomic mass is 9.85. The summed E-state index contributed by atoms with van der Waals surface area (Å²) in [5.74, 6) is 1.30. The maximum Gasteiger partial charge on any atom is 0.254 e. The minimum atomic E-state index is 0.167. The molecule has 0 saturated carbocycles. The Morgan fingerprint density at radius 1 is 1.30 bits per heavy atom. The molecule has 1 saturated heterocycles. The van der Waals surface area contributed by atoms with E-state index >= 15 is 0 Å². The van der Waals surface area contributed by atoms with Crippen molar-refractivity contribution in [1.82, 2.24) is 4.90 Å². The second-order valence-electron chi connectivity index (χ2n) is 6.21. The van der Waals surface area contributed by atoms with Crippen molar-refractivity contribution in [2.75, 3.05) is 13.1 Å². The molecule has 3 unspecified atom stereocenters. The van der Waals surface area contributed by atoms with Gasteiger partial charge >= 0.3 is 0 Å². The zero-order chi connectivity index (χ0) is 14.7. The van der Waals surface area contributed by atoms with Crippen molar-refractivity contribution in [2.45, 2.75) is 39.7 Å². The Hall–Kier alpha value is -1.35. The highest BCUT2D eigenvalue weighted by atomic mass is 16.2. The van der Waals surface area contributed by atoms with Crippen LogP contribution in [-0.2, 0) is 6.42 Å². The number of likely N-dealkylation sites (tertiary alicyclic amines) is 1. The molecule has 0 radical (unpaired) electrons. The summed E-state index contributed by atoms with van der Waals surface area (Å²) < 4.78 is 0. The molecule has 3 nitrogen and oxygen atoms in total. The fourth-order valence-electron chi connectivity index (χ4n) is 3.24. The monoisotopic (exact) mass is 274 g/mol. The van der Waals surface area contributed by atoms with Gasteiger partial charge in [0.2, 0.25) is 0 Å². The second-order valence-corrected chi connectivity index (χ2v) is 6.21. The van der Waals surface area contributed by atoms with Gasteiger partial charge in [-0.2, -0.15) is 0 Å². The van der Waals surface area contributed by atoms with E-state index in [4.69, 9.17) is 5.73 Å². The Morgan fingerprint density at radius 3 is 2.70 bits per heavy atom. The van der Waals surface area contributed by atoms with Gasteiger partial charge in [0.1, 0.15) is 0 Å². The normalized spacial score (nSPS) is 26.6. The Labute approximate surface area is 122 Å². The number of hydrogen-bond donors (Lipinski definition) is 1. The van der Waals surface area contributed by atoms with Crippen molar-refractivity contribution in [3.63, 3.8) is 0 Å². The lowest BCUT2D eigenvalue weighted by Crippen LogP contribution is -2.49. The lowest BCUT2D eigenvalue weighted by molar-refractivity contribution is 0.0454. The molecule has 3 heteroatoms. The van der Waals surface area contributed by atoms with E-state index in [-0.39, 0.29) is 5.91 Å². The maximum atomic E-state index is 12.9. The van der Waals surface area contributed by atoms with Gasteiger partial charge in [-0.25, -0.2) is 0 Å². The van der Waals surface area contributed by atoms with Crippen molar-refractivity contribution in [2.24, 2.45) is 17.6 Å². The van der Waals surface area contributed by atoms with E-state index in [1.54, 1.807) is 0 Å². The molecule has 0 aromatic heterocycles. The van der Waals surface area contributed by atoms with E-state index in [9.17, 15) is 4.79 Å². The summed E-state index contributed by atoms with van der Waals surface area (Å²) in [4.78, 5) is 14.9. The zero-order valence-electron chi connectivity index (χ0n) is 12.8. The minimum Gasteiger partial charge on any atom is -0.335 e. The van der Waals surface area contributed by atoms with E-state index in [2.05, 4.69) is 20.8 Å². The average Bonchev–Trinajstić information content (AvgIpc) is 2.43. The van der Waals surface area contributed by atoms with Gasteiger partial charge in [0.25, 0.3) is 5.91 Å². The minimum absolute atomic E-state index is 0.167. The standard InChI is InChI=1S/C17H26N2O/c1-12-10-13(2)14(3)19(11-12)17(20)16-7-5-4-6-15(16)8-9-18/h4-7,12-14H,8-11,18H2,1-3H3. The van der Waals surface area contributed by atoms with Crippen LogP contribution in [0.25, 0.3) is 0 Å². The van der Waals surface area contributed by atoms with Crippen molar-refractivity contribution >= 4 is 5.91 Å². The Kier molecular flexibility index (Phi) is 4.81. The predicted molar refractivity (Wildman–Crippen MR) is 82.6 cm³/mol. The number of hydrogen-bond acceptors (Lipinski definition) is 2. The molecule has 1 aromatic rings. The molecule has 110 valence electrons. The van der Waals surface area contributed by atoms with Crippen LogP contribution in [0, 0.1) is 11.8 Å². The maximum absolute atomic E-state index is 12.9. The molecule has 0 bridgehead atoms. The Bertz CT molecular complexity index is 472. The number of carbonyl (C=O) groups excluding carboxylic acids is 1. The SMILES string of the molecule is CC1CC(C)C(C)N(C(=O)c2ccccc2CCN)C1. The second kappa shape index (κ2) is 6.40. The third kappa shape index (κ3) is 3.04. The van der Waals surface area contributed by atoms with Gasteiger partial charge < -0.3 is 10.6 Å². The van der Waals surface area contributed by atoms with Crippen molar-refractivity contribution in [3.05, 3.63) is 35.4 Å². The predicted octanol–water partition coefficient (Wildman–Crippen LogP) is 2.69. The summed E-state index contributed by atoms with van der Waals surface area (Å²) in [6.07, 6.45) is 1.96. The summed E-state index contributed by atoms with van der Waals surface area (Å²) in [7, 11) is 0. The number of carbonyl (C=O) groups is 1. The highest BCUT2D eigenvalue weighted by Crippen LogP contribution is 2.28. The Balaban J connectivity index is 2.26. The van der Waals surface area contributed by atoms with Crippen molar-refractivity contribution in [3.8, 4) is 0 Å². The summed E-state index contributed by atoms with van der Waals surface area (Å²) in [6.45, 7) is 8.08. The molecule has 0 spiro atoms. The number of rotatable bonds is 3. The first-order valence-electron chi connectivity index (χ1n) is 7.63. The van der Waals surface area contributed by atoms with Crippen LogP contribution < -0.4 is 5.73 Å². The van der Waals surface area contributed by atoms with Gasteiger partial charge in [-0.3, -0.25) is 4.79 Å². The molecular weight excluding hydrogens is 248 g/mol. The van der Waals surface area contributed by atoms with E-state index < -0.39 is 0 Å². The van der Waals surface area contributed by atoms with Crippen molar-refractivity contribution < 1.29 is 4.79 Å². The smallest absolute Gasteiger partial charge is 0.254 e. The van der Waals surface area contributed by atoms with Crippen LogP contribution in [0.15, 0.2) is 24.3 Å². The van der Waals surface area contributed by atoms with Gasteiger partial charge in [-0.15, -0.1) is 0 Å². The van der Waals surface area contributed by atoms with Gasteiger partial charge in [0.15, 0.2) is 0 Å². The van der Waals surface area contributed by atoms with Crippen molar-refractivity contribution in [1.29, 1.82) is 0 Å². The number of nitrogens with two attached hydrogens (primary N) is 1. The van der Waals surface area contributed by atoms with Crippen LogP contribution in [0.1, 0.15) is 43.1 Å². The molecule has 1 aromatic carbocycles. The molecule has 2 rings (SSSR count). The molecule has 3 atom stereocenters. The molecule has 1 aliphatic heterocycles. The molecule has 1 fully saturated rings. The number of benzene rings is 1. The first-order valence-corrected chi connectivity index (χ1v) is 7.63. The molecule has 1 heterocycles. The largest absolute Gasteiger partial charge is 0.335 e. The van der Waals surface area contributed by atoms with E-state index in [0.717, 1.165) is 24.1 Å². The summed E-state index contributed by atoms with van der Waals surface area (Å²) in [6, 6.07) is 8.18. The van der Waals surface area contributed by atoms with Crippen LogP contribution in [-0.4, -0.2) is 29.9 Å². The third-order valence-electron chi connectivity index (χ3n) is 4.52. The third-order valence-corrected chi connectivity index (χ3v) is 4.52. The van der Waals surface area contributed by atoms with E-state index in [1.165, 1.54) is 6.42 Å². The summed E-state index contributed by atoms with van der Waals surface area (Å²) in [5.41, 5.74) is 7.55. The van der Waals surface area contributed by atoms with Crippen LogP contribution in [0.3, 0.4) is 0 Å². The fraction of sp³-hybridized carbons (Fsp3) is 0.588. The zero-order valence-corrected chi connectivity index (χ0v) is 12.8. The molecule has 20 heavy (non-hydrogen) atoms. The highest BCUT2D eigenvalue weighted by molar-refractivity contribution is 5.96. The van der Waals surface area contributed by atoms with Crippen LogP contribution in [0.5, 0.6) is 0 Å². The fourth-order valence-corrected chi connectivity index (χ4v) is 3.24. The molecule has 1 aliphatic rings. The number of piperidine rings is 1. The first-order chi connectivity index (χ1) is 9.54. The summed E-state index contributed by atoms with van der Waals surface area (Å²) in [5, 5.41) is 0. The number of amides is 1. The lowest BCUT2D eigenvalue weighted by Gasteiger charge is -2.41. The van der Waals surface area contributed by atoms with Crippen LogP contribution >= 0.6 is 0 Å². The number of nitrogens with zero attached hydrogens (tertiary/aromatic N) is 1. The van der Waals surface area contributed by atoms with Crippen LogP contribution in [0.2, 0.25) is 0 Å². The molecule has 0 aliphatic carbocycles. The topological polar surface area (TPSA) is 46.3 Å².